The van der Waals surface area contributed by atoms with Gasteiger partial charge in [0.2, 0.25) is 0 Å². The van der Waals surface area contributed by atoms with E-state index in [1.165, 1.54) is 16.8 Å². The Morgan fingerprint density at radius 1 is 1.19 bits per heavy atom. The highest BCUT2D eigenvalue weighted by Gasteiger charge is 2.30. The van der Waals surface area contributed by atoms with Gasteiger partial charge in [-0.25, -0.2) is 4.68 Å². The number of benzene rings is 2. The number of carbonyl (C=O) groups excluding carboxylic acids is 1. The third-order valence-corrected chi connectivity index (χ3v) is 5.27. The number of carbonyl (C=O) groups is 1. The fraction of sp³-hybridized carbons (Fsp3) is 0.286. The largest absolute Gasteiger partial charge is 0.416 e. The van der Waals surface area contributed by atoms with Crippen molar-refractivity contribution in [1.29, 1.82) is 0 Å². The van der Waals surface area contributed by atoms with Crippen molar-refractivity contribution >= 4 is 28.0 Å². The monoisotopic (exact) mass is 431 g/mol. The molecule has 2 heterocycles. The summed E-state index contributed by atoms with van der Waals surface area (Å²) in [6.07, 6.45) is -3.84. The van der Waals surface area contributed by atoms with Gasteiger partial charge in [-0.15, -0.1) is 5.10 Å². The van der Waals surface area contributed by atoms with Gasteiger partial charge in [-0.05, 0) is 48.9 Å². The fourth-order valence-corrected chi connectivity index (χ4v) is 3.56. The second-order valence-corrected chi connectivity index (χ2v) is 7.26. The lowest BCUT2D eigenvalue weighted by Crippen LogP contribution is -2.36. The second-order valence-electron chi connectivity index (χ2n) is 7.26. The molecule has 1 unspecified atom stereocenters. The summed E-state index contributed by atoms with van der Waals surface area (Å²) in [5.74, 6) is -0.331. The van der Waals surface area contributed by atoms with Crippen LogP contribution in [0.5, 0.6) is 0 Å². The van der Waals surface area contributed by atoms with E-state index in [0.29, 0.717) is 39.7 Å². The molecule has 0 spiro atoms. The average molecular weight is 431 g/mol. The highest BCUT2D eigenvalue weighted by molar-refractivity contribution is 6.09. The number of rotatable bonds is 5. The molecule has 2 aromatic carbocycles. The van der Waals surface area contributed by atoms with E-state index >= 15 is 0 Å². The van der Waals surface area contributed by atoms with Crippen molar-refractivity contribution < 1.29 is 23.1 Å². The number of aromatic nitrogens is 4. The number of hydrogen-bond acceptors (Lipinski definition) is 4. The van der Waals surface area contributed by atoms with Crippen LogP contribution in [0.3, 0.4) is 0 Å². The van der Waals surface area contributed by atoms with Crippen molar-refractivity contribution in [2.24, 2.45) is 7.05 Å². The van der Waals surface area contributed by atoms with Gasteiger partial charge in [-0.3, -0.25) is 9.36 Å². The van der Waals surface area contributed by atoms with Gasteiger partial charge < -0.3 is 10.4 Å². The van der Waals surface area contributed by atoms with Crippen LogP contribution in [0.4, 0.5) is 13.2 Å². The molecule has 0 aliphatic heterocycles. The molecule has 0 saturated carbocycles. The summed E-state index contributed by atoms with van der Waals surface area (Å²) in [6.45, 7) is 1.70. The van der Waals surface area contributed by atoms with Gasteiger partial charge in [0.15, 0.2) is 5.65 Å². The zero-order chi connectivity index (χ0) is 22.3. The minimum atomic E-state index is -4.42. The Bertz CT molecular complexity index is 1250. The molecule has 1 atom stereocenters. The van der Waals surface area contributed by atoms with Gasteiger partial charge in [-0.1, -0.05) is 12.1 Å². The van der Waals surface area contributed by atoms with Crippen molar-refractivity contribution in [3.63, 3.8) is 0 Å². The molecular weight excluding hydrogens is 411 g/mol. The summed E-state index contributed by atoms with van der Waals surface area (Å²) in [4.78, 5) is 12.6. The number of nitrogens with one attached hydrogen (secondary N) is 1. The van der Waals surface area contributed by atoms with E-state index in [0.717, 1.165) is 12.1 Å². The normalized spacial score (nSPS) is 13.1. The molecular formula is C21H20F3N5O2. The molecule has 1 amide bonds. The maximum Gasteiger partial charge on any atom is 0.416 e. The minimum Gasteiger partial charge on any atom is -0.394 e. The molecule has 2 aromatic heterocycles. The topological polar surface area (TPSA) is 85.0 Å². The summed E-state index contributed by atoms with van der Waals surface area (Å²) in [7, 11) is 1.69. The molecule has 4 aromatic rings. The van der Waals surface area contributed by atoms with Crippen molar-refractivity contribution in [1.82, 2.24) is 24.9 Å². The van der Waals surface area contributed by atoms with Crippen LogP contribution in [0.15, 0.2) is 42.5 Å². The highest BCUT2D eigenvalue weighted by Crippen LogP contribution is 2.33. The lowest BCUT2D eigenvalue weighted by molar-refractivity contribution is -0.137. The molecule has 0 saturated heterocycles. The summed E-state index contributed by atoms with van der Waals surface area (Å²) in [5.41, 5.74) is 1.97. The Hall–Kier alpha value is -3.40. The van der Waals surface area contributed by atoms with E-state index in [2.05, 4.69) is 15.6 Å². The second kappa shape index (κ2) is 7.69. The lowest BCUT2D eigenvalue weighted by atomic mass is 10.1. The van der Waals surface area contributed by atoms with E-state index in [-0.39, 0.29) is 18.6 Å². The maximum atomic E-state index is 13.0. The van der Waals surface area contributed by atoms with Gasteiger partial charge >= 0.3 is 6.18 Å². The first-order valence-electron chi connectivity index (χ1n) is 9.67. The van der Waals surface area contributed by atoms with E-state index in [1.54, 1.807) is 29.8 Å². The first-order valence-corrected chi connectivity index (χ1v) is 9.67. The van der Waals surface area contributed by atoms with Crippen molar-refractivity contribution in [3.8, 4) is 5.69 Å². The molecule has 10 heteroatoms. The lowest BCUT2D eigenvalue weighted by Gasteiger charge is -2.14. The SMILES string of the molecule is CCC(CO)NC(=O)c1ccc2c(c1)c1nnn(C)c1n2-c1ccc(C(F)(F)F)cc1. The Kier molecular flexibility index (Phi) is 5.18. The van der Waals surface area contributed by atoms with Crippen LogP contribution >= 0.6 is 0 Å². The molecule has 0 radical (unpaired) electrons. The molecule has 7 nitrogen and oxygen atoms in total. The molecule has 0 fully saturated rings. The smallest absolute Gasteiger partial charge is 0.394 e. The van der Waals surface area contributed by atoms with Gasteiger partial charge in [0.1, 0.15) is 5.52 Å². The number of fused-ring (bicyclic) bond motifs is 3. The molecule has 0 aliphatic rings. The first kappa shape index (κ1) is 20.9. The Balaban J connectivity index is 1.84. The number of amides is 1. The quantitative estimate of drug-likeness (QED) is 0.507. The summed E-state index contributed by atoms with van der Waals surface area (Å²) in [5, 5.41) is 21.0. The van der Waals surface area contributed by atoms with E-state index < -0.39 is 11.7 Å². The third kappa shape index (κ3) is 3.63. The standard InChI is InChI=1S/C21H20F3N5O2/c1-3-14(11-30)25-19(31)12-4-9-17-16(10-12)18-20(28(2)27-26-18)29(17)15-7-5-13(6-8-15)21(22,23)24/h4-10,14,30H,3,11H2,1-2H3,(H,25,31). The number of aliphatic hydroxyl groups excluding tert-OH is 1. The van der Waals surface area contributed by atoms with Crippen LogP contribution in [0, 0.1) is 0 Å². The highest BCUT2D eigenvalue weighted by atomic mass is 19.4. The summed E-state index contributed by atoms with van der Waals surface area (Å²) >= 11 is 0. The third-order valence-electron chi connectivity index (χ3n) is 5.27. The van der Waals surface area contributed by atoms with Gasteiger partial charge in [0.05, 0.1) is 23.7 Å². The molecule has 4 rings (SSSR count). The summed E-state index contributed by atoms with van der Waals surface area (Å²) < 4.78 is 42.2. The minimum absolute atomic E-state index is 0.164. The predicted octanol–water partition coefficient (Wildman–Crippen LogP) is 3.43. The number of aryl methyl sites for hydroxylation is 1. The van der Waals surface area contributed by atoms with Crippen LogP contribution in [0.25, 0.3) is 27.8 Å². The number of halogens is 3. The van der Waals surface area contributed by atoms with Crippen LogP contribution in [-0.2, 0) is 13.2 Å². The van der Waals surface area contributed by atoms with Gasteiger partial charge in [0.25, 0.3) is 5.91 Å². The van der Waals surface area contributed by atoms with Crippen LogP contribution in [0.2, 0.25) is 0 Å². The molecule has 0 aliphatic carbocycles. The Labute approximate surface area is 175 Å². The van der Waals surface area contributed by atoms with Gasteiger partial charge in [-0.2, -0.15) is 13.2 Å². The first-order chi connectivity index (χ1) is 14.7. The molecule has 0 bridgehead atoms. The predicted molar refractivity (Wildman–Crippen MR) is 109 cm³/mol. The van der Waals surface area contributed by atoms with Crippen molar-refractivity contribution in [2.75, 3.05) is 6.61 Å². The molecule has 162 valence electrons. The molecule has 2 N–H and O–H groups in total. The maximum absolute atomic E-state index is 13.0. The molecule has 31 heavy (non-hydrogen) atoms. The summed E-state index contributed by atoms with van der Waals surface area (Å²) in [6, 6.07) is 9.52. The van der Waals surface area contributed by atoms with Crippen molar-refractivity contribution in [2.45, 2.75) is 25.6 Å². The fourth-order valence-electron chi connectivity index (χ4n) is 3.56. The number of alkyl halides is 3. The number of hydrogen-bond donors (Lipinski definition) is 2. The zero-order valence-corrected chi connectivity index (χ0v) is 16.8. The van der Waals surface area contributed by atoms with Crippen LogP contribution < -0.4 is 5.32 Å². The Morgan fingerprint density at radius 2 is 1.90 bits per heavy atom. The van der Waals surface area contributed by atoms with E-state index in [1.807, 2.05) is 6.92 Å². The van der Waals surface area contributed by atoms with Gasteiger partial charge in [0, 0.05) is 23.7 Å². The van der Waals surface area contributed by atoms with Crippen LogP contribution in [0.1, 0.15) is 29.3 Å². The Morgan fingerprint density at radius 3 is 2.52 bits per heavy atom. The van der Waals surface area contributed by atoms with Crippen LogP contribution in [-0.4, -0.2) is 43.2 Å². The average Bonchev–Trinajstić information content (AvgIpc) is 3.28. The number of nitrogens with zero attached hydrogens (tertiary/aromatic N) is 4. The zero-order valence-electron chi connectivity index (χ0n) is 16.8. The van der Waals surface area contributed by atoms with Crippen molar-refractivity contribution in [3.05, 3.63) is 53.6 Å². The number of aliphatic hydroxyl groups is 1. The van der Waals surface area contributed by atoms with E-state index in [9.17, 15) is 23.1 Å². The van der Waals surface area contributed by atoms with E-state index in [4.69, 9.17) is 0 Å².